The molecule has 0 aromatic rings. The number of hydrogen-bond acceptors (Lipinski definition) is 3. The minimum Gasteiger partial charge on any atom is -0.354 e. The molecule has 13 heavy (non-hydrogen) atoms. The first-order chi connectivity index (χ1) is 6.26. The summed E-state index contributed by atoms with van der Waals surface area (Å²) in [4.78, 5) is 0. The summed E-state index contributed by atoms with van der Waals surface area (Å²) in [7, 11) is -2.49. The molecular weight excluding hydrogens is 203 g/mol. The van der Waals surface area contributed by atoms with Gasteiger partial charge in [-0.2, -0.15) is 0 Å². The van der Waals surface area contributed by atoms with Crippen LogP contribution in [0.2, 0.25) is 18.1 Å². The minimum absolute atomic E-state index is 0.702. The Balaban J connectivity index is 2.44. The van der Waals surface area contributed by atoms with Crippen molar-refractivity contribution in [3.8, 4) is 0 Å². The van der Waals surface area contributed by atoms with Crippen LogP contribution in [0.15, 0.2) is 0 Å². The van der Waals surface area contributed by atoms with Crippen LogP contribution in [0.25, 0.3) is 0 Å². The van der Waals surface area contributed by atoms with Gasteiger partial charge in [-0.1, -0.05) is 20.8 Å². The fourth-order valence-electron chi connectivity index (χ4n) is 1.42. The van der Waals surface area contributed by atoms with Crippen molar-refractivity contribution in [2.75, 3.05) is 13.2 Å². The molecule has 0 amide bonds. The van der Waals surface area contributed by atoms with Crippen LogP contribution in [0, 0.1) is 0 Å². The lowest BCUT2D eigenvalue weighted by molar-refractivity contribution is 0.347. The maximum Gasteiger partial charge on any atom is 0.322 e. The Morgan fingerprint density at radius 2 is 1.54 bits per heavy atom. The molecule has 0 unspecified atom stereocenters. The average Bonchev–Trinajstić information content (AvgIpc) is 2.67. The Kier molecular flexibility index (Phi) is 4.84. The van der Waals surface area contributed by atoms with Gasteiger partial charge in [0.25, 0.3) is 0 Å². The Morgan fingerprint density at radius 1 is 1.08 bits per heavy atom. The summed E-state index contributed by atoms with van der Waals surface area (Å²) in [5, 5.41) is 0. The molecule has 0 aromatic heterocycles. The van der Waals surface area contributed by atoms with Gasteiger partial charge in [0.1, 0.15) is 0 Å². The van der Waals surface area contributed by atoms with Crippen LogP contribution < -0.4 is 0 Å². The molecule has 0 saturated carbocycles. The van der Waals surface area contributed by atoms with Crippen LogP contribution in [0.4, 0.5) is 0 Å². The molecule has 1 aliphatic rings. The van der Waals surface area contributed by atoms with Gasteiger partial charge in [-0.15, -0.1) is 0 Å². The molecule has 0 N–H and O–H groups in total. The molecular formula is C8H19O3PSi. The highest BCUT2D eigenvalue weighted by Crippen LogP contribution is 2.48. The number of rotatable bonds is 5. The largest absolute Gasteiger partial charge is 0.354 e. The van der Waals surface area contributed by atoms with E-state index in [0.717, 1.165) is 18.1 Å². The minimum atomic E-state index is -1.50. The van der Waals surface area contributed by atoms with Crippen LogP contribution in [0.3, 0.4) is 0 Å². The van der Waals surface area contributed by atoms with E-state index in [-0.39, 0.29) is 0 Å². The van der Waals surface area contributed by atoms with Gasteiger partial charge in [0.05, 0.1) is 13.2 Å². The van der Waals surface area contributed by atoms with Gasteiger partial charge < -0.3 is 13.3 Å². The Labute approximate surface area is 82.9 Å². The first-order valence-electron chi connectivity index (χ1n) is 5.01. The molecule has 1 rings (SSSR count). The SMILES string of the molecule is CC[Si](CC)(CC)OP1OCCO1. The topological polar surface area (TPSA) is 27.7 Å². The summed E-state index contributed by atoms with van der Waals surface area (Å²) in [6.45, 7) is 8.04. The summed E-state index contributed by atoms with van der Waals surface area (Å²) in [6.07, 6.45) is 0. The number of hydrogen-bond donors (Lipinski definition) is 0. The molecule has 0 atom stereocenters. The van der Waals surface area contributed by atoms with Crippen LogP contribution in [-0.4, -0.2) is 21.5 Å². The third-order valence-electron chi connectivity index (χ3n) is 2.68. The molecule has 1 heterocycles. The molecule has 0 aliphatic carbocycles. The lowest BCUT2D eigenvalue weighted by Gasteiger charge is -2.28. The van der Waals surface area contributed by atoms with E-state index in [9.17, 15) is 0 Å². The van der Waals surface area contributed by atoms with Crippen LogP contribution >= 0.6 is 8.60 Å². The first kappa shape index (κ1) is 11.6. The van der Waals surface area contributed by atoms with E-state index in [0.29, 0.717) is 13.2 Å². The summed E-state index contributed by atoms with van der Waals surface area (Å²) in [5.74, 6) is 0. The standard InChI is InChI=1S/C8H19O3PSi/c1-4-13(5-2,6-3)11-12-9-7-8-10-12/h4-8H2,1-3H3. The molecule has 0 bridgehead atoms. The first-order valence-corrected chi connectivity index (χ1v) is 8.64. The van der Waals surface area contributed by atoms with Crippen molar-refractivity contribution in [1.29, 1.82) is 0 Å². The van der Waals surface area contributed by atoms with Gasteiger partial charge >= 0.3 is 8.60 Å². The lowest BCUT2D eigenvalue weighted by atomic mass is 10.8. The van der Waals surface area contributed by atoms with E-state index in [1.807, 2.05) is 0 Å². The fourth-order valence-corrected chi connectivity index (χ4v) is 6.67. The van der Waals surface area contributed by atoms with Crippen LogP contribution in [-0.2, 0) is 13.3 Å². The second kappa shape index (κ2) is 5.42. The van der Waals surface area contributed by atoms with Gasteiger partial charge in [0.2, 0.25) is 8.32 Å². The molecule has 1 saturated heterocycles. The van der Waals surface area contributed by atoms with Crippen molar-refractivity contribution in [2.45, 2.75) is 38.9 Å². The predicted molar refractivity (Wildman–Crippen MR) is 57.1 cm³/mol. The second-order valence-electron chi connectivity index (χ2n) is 3.23. The third kappa shape index (κ3) is 3.00. The molecule has 0 radical (unpaired) electrons. The zero-order chi connectivity index (χ0) is 9.73. The predicted octanol–water partition coefficient (Wildman–Crippen LogP) is 3.28. The van der Waals surface area contributed by atoms with E-state index < -0.39 is 16.9 Å². The van der Waals surface area contributed by atoms with E-state index in [1.165, 1.54) is 0 Å². The highest BCUT2D eigenvalue weighted by Gasteiger charge is 2.35. The van der Waals surface area contributed by atoms with Gasteiger partial charge in [-0.05, 0) is 18.1 Å². The van der Waals surface area contributed by atoms with Crippen LogP contribution in [0.5, 0.6) is 0 Å². The highest BCUT2D eigenvalue weighted by atomic mass is 31.2. The van der Waals surface area contributed by atoms with Crippen molar-refractivity contribution >= 4 is 16.9 Å². The Morgan fingerprint density at radius 3 is 1.92 bits per heavy atom. The van der Waals surface area contributed by atoms with E-state index in [1.54, 1.807) is 0 Å². The van der Waals surface area contributed by atoms with Gasteiger partial charge in [0, 0.05) is 0 Å². The smallest absolute Gasteiger partial charge is 0.322 e. The highest BCUT2D eigenvalue weighted by molar-refractivity contribution is 7.44. The lowest BCUT2D eigenvalue weighted by Crippen LogP contribution is -2.33. The van der Waals surface area contributed by atoms with E-state index >= 15 is 0 Å². The van der Waals surface area contributed by atoms with Gasteiger partial charge in [-0.25, -0.2) is 0 Å². The van der Waals surface area contributed by atoms with Gasteiger partial charge in [-0.3, -0.25) is 0 Å². The van der Waals surface area contributed by atoms with Crippen molar-refractivity contribution in [1.82, 2.24) is 0 Å². The van der Waals surface area contributed by atoms with Crippen molar-refractivity contribution in [3.05, 3.63) is 0 Å². The Bertz CT molecular complexity index is 138. The summed E-state index contributed by atoms with van der Waals surface area (Å²) < 4.78 is 16.7. The van der Waals surface area contributed by atoms with Crippen molar-refractivity contribution in [2.24, 2.45) is 0 Å². The quantitative estimate of drug-likeness (QED) is 0.527. The molecule has 0 spiro atoms. The maximum absolute atomic E-state index is 6.01. The molecule has 0 aromatic carbocycles. The molecule has 3 nitrogen and oxygen atoms in total. The average molecular weight is 222 g/mol. The van der Waals surface area contributed by atoms with Gasteiger partial charge in [0.15, 0.2) is 0 Å². The van der Waals surface area contributed by atoms with Crippen molar-refractivity contribution < 1.29 is 13.3 Å². The maximum atomic E-state index is 6.01. The molecule has 5 heteroatoms. The molecule has 78 valence electrons. The normalized spacial score (nSPS) is 19.6. The zero-order valence-electron chi connectivity index (χ0n) is 8.71. The third-order valence-corrected chi connectivity index (χ3v) is 9.48. The van der Waals surface area contributed by atoms with E-state index in [2.05, 4.69) is 20.8 Å². The molecule has 1 aliphatic heterocycles. The summed E-state index contributed by atoms with van der Waals surface area (Å²) in [5.41, 5.74) is 0. The summed E-state index contributed by atoms with van der Waals surface area (Å²) in [6, 6.07) is 3.47. The fraction of sp³-hybridized carbons (Fsp3) is 1.00. The Hall–Kier alpha value is 0.527. The van der Waals surface area contributed by atoms with Crippen molar-refractivity contribution in [3.63, 3.8) is 0 Å². The van der Waals surface area contributed by atoms with Crippen LogP contribution in [0.1, 0.15) is 20.8 Å². The van der Waals surface area contributed by atoms with E-state index in [4.69, 9.17) is 13.3 Å². The second-order valence-corrected chi connectivity index (χ2v) is 9.41. The summed E-state index contributed by atoms with van der Waals surface area (Å²) >= 11 is 0. The monoisotopic (exact) mass is 222 g/mol. The zero-order valence-corrected chi connectivity index (χ0v) is 10.6. The molecule has 1 fully saturated rings.